The van der Waals surface area contributed by atoms with E-state index in [0.29, 0.717) is 48.5 Å². The number of nitrogens with two attached hydrogens (primary N) is 3. The number of carboxylic acids is 1. The number of nitrogens with zero attached hydrogens (tertiary/aromatic N) is 2. The predicted molar refractivity (Wildman–Crippen MR) is 248 cm³/mol. The number of carboxylic acid groups (broad SMARTS) is 1. The zero-order valence-corrected chi connectivity index (χ0v) is 37.7. The van der Waals surface area contributed by atoms with Gasteiger partial charge in [-0.05, 0) is 124 Å². The summed E-state index contributed by atoms with van der Waals surface area (Å²) in [6.07, 6.45) is 4.29. The first-order chi connectivity index (χ1) is 28.9. The third-order valence-electron chi connectivity index (χ3n) is 10.6. The number of aliphatic carboxylic acids is 1. The summed E-state index contributed by atoms with van der Waals surface area (Å²) in [5.41, 5.74) is 21.8. The van der Waals surface area contributed by atoms with Crippen molar-refractivity contribution in [2.75, 3.05) is 41.3 Å². The van der Waals surface area contributed by atoms with Crippen LogP contribution in [0.15, 0.2) is 109 Å². The second-order valence-electron chi connectivity index (χ2n) is 17.1. The molecule has 0 bridgehead atoms. The Kier molecular flexibility index (Phi) is 23.3. The SMILES string of the molecule is CC(C)C[C@H](CC(=O)NC[C@H](Cc1ccc(C(N)=O)cc1)N(C)C)c1ccccc1.CC(C)C[C@H](CC(=O)O)c1ccccc1.CN(C)[C@H](CN)Cc1ccc(C(N)=O)cc1. The highest BCUT2D eigenvalue weighted by molar-refractivity contribution is 5.93. The van der Waals surface area contributed by atoms with Crippen LogP contribution in [0.5, 0.6) is 0 Å². The van der Waals surface area contributed by atoms with E-state index >= 15 is 0 Å². The Bertz CT molecular complexity index is 1870. The van der Waals surface area contributed by atoms with Gasteiger partial charge < -0.3 is 37.4 Å². The number of nitrogens with one attached hydrogen (secondary N) is 1. The highest BCUT2D eigenvalue weighted by Gasteiger charge is 2.20. The van der Waals surface area contributed by atoms with Crippen molar-refractivity contribution >= 4 is 23.7 Å². The molecule has 0 spiro atoms. The Balaban J connectivity index is 0.000000348. The minimum Gasteiger partial charge on any atom is -0.481 e. The van der Waals surface area contributed by atoms with Crippen LogP contribution in [-0.4, -0.2) is 92.0 Å². The van der Waals surface area contributed by atoms with E-state index in [4.69, 9.17) is 22.3 Å². The minimum absolute atomic E-state index is 0.0837. The Hall–Kier alpha value is -5.36. The second kappa shape index (κ2) is 27.5. The number of benzene rings is 4. The highest BCUT2D eigenvalue weighted by atomic mass is 16.4. The van der Waals surface area contributed by atoms with Crippen molar-refractivity contribution in [3.63, 3.8) is 0 Å². The van der Waals surface area contributed by atoms with E-state index in [0.717, 1.165) is 42.4 Å². The summed E-state index contributed by atoms with van der Waals surface area (Å²) in [7, 11) is 8.05. The Labute approximate surface area is 365 Å². The van der Waals surface area contributed by atoms with E-state index in [9.17, 15) is 19.2 Å². The smallest absolute Gasteiger partial charge is 0.303 e. The average molecular weight is 837 g/mol. The van der Waals surface area contributed by atoms with E-state index in [-0.39, 0.29) is 30.2 Å². The molecule has 0 aromatic heterocycles. The molecular weight excluding hydrogens is 765 g/mol. The van der Waals surface area contributed by atoms with Crippen molar-refractivity contribution in [2.24, 2.45) is 29.0 Å². The first kappa shape index (κ1) is 51.8. The van der Waals surface area contributed by atoms with E-state index < -0.39 is 17.8 Å². The van der Waals surface area contributed by atoms with Gasteiger partial charge in [-0.3, -0.25) is 19.2 Å². The van der Waals surface area contributed by atoms with Gasteiger partial charge in [0.05, 0.1) is 6.42 Å². The van der Waals surface area contributed by atoms with Crippen molar-refractivity contribution < 1.29 is 24.3 Å². The molecule has 0 unspecified atom stereocenters. The maximum absolute atomic E-state index is 12.7. The summed E-state index contributed by atoms with van der Waals surface area (Å²) in [5.74, 6) is -0.0312. The average Bonchev–Trinajstić information content (AvgIpc) is 3.21. The molecule has 8 N–H and O–H groups in total. The van der Waals surface area contributed by atoms with Crippen molar-refractivity contribution in [3.8, 4) is 0 Å². The van der Waals surface area contributed by atoms with Gasteiger partial charge >= 0.3 is 5.97 Å². The molecule has 11 heteroatoms. The molecule has 0 saturated heterocycles. The second-order valence-corrected chi connectivity index (χ2v) is 17.1. The molecule has 0 heterocycles. The van der Waals surface area contributed by atoms with E-state index in [1.54, 1.807) is 24.3 Å². The van der Waals surface area contributed by atoms with Crippen LogP contribution < -0.4 is 22.5 Å². The molecule has 0 saturated carbocycles. The van der Waals surface area contributed by atoms with Gasteiger partial charge in [-0.15, -0.1) is 0 Å². The number of rotatable bonds is 21. The van der Waals surface area contributed by atoms with Crippen LogP contribution in [0.1, 0.15) is 108 Å². The lowest BCUT2D eigenvalue weighted by Gasteiger charge is -2.26. The van der Waals surface area contributed by atoms with Crippen LogP contribution in [0, 0.1) is 11.8 Å². The van der Waals surface area contributed by atoms with Gasteiger partial charge in [0.15, 0.2) is 0 Å². The van der Waals surface area contributed by atoms with Gasteiger partial charge in [0, 0.05) is 42.7 Å². The summed E-state index contributed by atoms with van der Waals surface area (Å²) in [5, 5.41) is 12.0. The summed E-state index contributed by atoms with van der Waals surface area (Å²) >= 11 is 0. The van der Waals surface area contributed by atoms with Crippen LogP contribution in [0.4, 0.5) is 0 Å². The third-order valence-corrected chi connectivity index (χ3v) is 10.6. The monoisotopic (exact) mass is 837 g/mol. The maximum Gasteiger partial charge on any atom is 0.303 e. The molecule has 4 atom stereocenters. The molecule has 0 fully saturated rings. The molecule has 0 aliphatic rings. The number of likely N-dealkylation sites (N-methyl/N-ethyl adjacent to an activating group) is 2. The lowest BCUT2D eigenvalue weighted by atomic mass is 9.87. The fourth-order valence-corrected chi connectivity index (χ4v) is 7.07. The number of amides is 3. The minimum atomic E-state index is -0.718. The van der Waals surface area contributed by atoms with Crippen LogP contribution in [0.2, 0.25) is 0 Å². The topological polar surface area (TPSA) is 185 Å². The van der Waals surface area contributed by atoms with Gasteiger partial charge in [0.1, 0.15) is 0 Å². The van der Waals surface area contributed by atoms with Crippen LogP contribution in [0.25, 0.3) is 0 Å². The maximum atomic E-state index is 12.7. The molecule has 0 aliphatic carbocycles. The zero-order valence-electron chi connectivity index (χ0n) is 37.7. The summed E-state index contributed by atoms with van der Waals surface area (Å²) < 4.78 is 0. The number of hydrogen-bond donors (Lipinski definition) is 5. The van der Waals surface area contributed by atoms with E-state index in [2.05, 4.69) is 54.9 Å². The molecule has 4 aromatic carbocycles. The molecule has 3 amide bonds. The van der Waals surface area contributed by atoms with Crippen LogP contribution in [-0.2, 0) is 22.4 Å². The molecule has 4 rings (SSSR count). The van der Waals surface area contributed by atoms with Gasteiger partial charge in [0.2, 0.25) is 17.7 Å². The Morgan fingerprint density at radius 1 is 0.574 bits per heavy atom. The lowest BCUT2D eigenvalue weighted by Crippen LogP contribution is -2.42. The quantitative estimate of drug-likeness (QED) is 0.0588. The van der Waals surface area contributed by atoms with E-state index in [1.165, 1.54) is 5.56 Å². The molecule has 0 radical (unpaired) electrons. The first-order valence-electron chi connectivity index (χ1n) is 21.3. The summed E-state index contributed by atoms with van der Waals surface area (Å²) in [4.78, 5) is 49.8. The molecule has 332 valence electrons. The van der Waals surface area contributed by atoms with Gasteiger partial charge in [-0.2, -0.15) is 0 Å². The van der Waals surface area contributed by atoms with Gasteiger partial charge in [0.25, 0.3) is 0 Å². The molecular formula is C50H72N6O5. The van der Waals surface area contributed by atoms with Crippen molar-refractivity contribution in [2.45, 2.75) is 90.1 Å². The highest BCUT2D eigenvalue weighted by Crippen LogP contribution is 2.28. The molecule has 4 aromatic rings. The number of carbonyl (C=O) groups is 4. The molecule has 0 aliphatic heterocycles. The van der Waals surface area contributed by atoms with Crippen molar-refractivity contribution in [1.82, 2.24) is 15.1 Å². The molecule has 61 heavy (non-hydrogen) atoms. The zero-order chi connectivity index (χ0) is 45.5. The fourth-order valence-electron chi connectivity index (χ4n) is 7.07. The van der Waals surface area contributed by atoms with Crippen LogP contribution >= 0.6 is 0 Å². The summed E-state index contributed by atoms with van der Waals surface area (Å²) in [6.45, 7) is 9.82. The van der Waals surface area contributed by atoms with Crippen LogP contribution in [0.3, 0.4) is 0 Å². The van der Waals surface area contributed by atoms with Crippen molar-refractivity contribution in [1.29, 1.82) is 0 Å². The predicted octanol–water partition coefficient (Wildman–Crippen LogP) is 7.10. The summed E-state index contributed by atoms with van der Waals surface area (Å²) in [6, 6.07) is 35.4. The number of carbonyl (C=O) groups excluding carboxylic acids is 3. The number of primary amides is 2. The Morgan fingerprint density at radius 2 is 0.951 bits per heavy atom. The van der Waals surface area contributed by atoms with Crippen molar-refractivity contribution in [3.05, 3.63) is 143 Å². The Morgan fingerprint density at radius 3 is 1.28 bits per heavy atom. The van der Waals surface area contributed by atoms with E-state index in [1.807, 2.05) is 101 Å². The third kappa shape index (κ3) is 20.6. The van der Waals surface area contributed by atoms with Gasteiger partial charge in [-0.25, -0.2) is 0 Å². The standard InChI is InChI=1S/C25H35N3O2.C13H18O2.C12H19N3O/c1-18(2)14-22(20-8-6-5-7-9-20)16-24(29)27-17-23(28(3)4)15-19-10-12-21(13-11-19)25(26)30;1-10(2)8-12(9-13(14)15)11-6-4-3-5-7-11;1-15(2)11(8-13)7-9-3-5-10(6-4-9)12(14)16/h5-13,18,22-23H,14-17H2,1-4H3,(H2,26,30)(H,27,29);3-7,10,12H,8-9H2,1-2H3,(H,14,15);3-6,11H,7-8,13H2,1-2H3,(H2,14,16)/t22-,23+;12-;11-/m110/s1. The van der Waals surface area contributed by atoms with Gasteiger partial charge in [-0.1, -0.05) is 113 Å². The number of hydrogen-bond acceptors (Lipinski definition) is 7. The fraction of sp³-hybridized carbons (Fsp3) is 0.440. The lowest BCUT2D eigenvalue weighted by molar-refractivity contribution is -0.137. The normalized spacial score (nSPS) is 13.0. The largest absolute Gasteiger partial charge is 0.481 e. The first-order valence-corrected chi connectivity index (χ1v) is 21.3. The molecule has 11 nitrogen and oxygen atoms in total.